The second-order valence-corrected chi connectivity index (χ2v) is 13.1. The van der Waals surface area contributed by atoms with Crippen molar-refractivity contribution in [3.05, 3.63) is 23.4 Å². The molecule has 1 heterocycles. The zero-order valence-corrected chi connectivity index (χ0v) is 13.1. The lowest BCUT2D eigenvalue weighted by Crippen LogP contribution is -2.26. The van der Waals surface area contributed by atoms with Gasteiger partial charge in [0.2, 0.25) is 0 Å². The number of hydrogen-bond donors (Lipinski definition) is 0. The minimum absolute atomic E-state index is 0.320. The van der Waals surface area contributed by atoms with Gasteiger partial charge >= 0.3 is 0 Å². The third-order valence-corrected chi connectivity index (χ3v) is 7.34. The SMILES string of the molecule is C=CCCCCC1=C([Si](C)(C)C)CS(=O)(=O)C1. The molecule has 0 aromatic rings. The van der Waals surface area contributed by atoms with E-state index in [-0.39, 0.29) is 0 Å². The van der Waals surface area contributed by atoms with Gasteiger partial charge in [-0.3, -0.25) is 0 Å². The summed E-state index contributed by atoms with van der Waals surface area (Å²) in [7, 11) is -4.29. The highest BCUT2D eigenvalue weighted by atomic mass is 32.2. The highest BCUT2D eigenvalue weighted by Crippen LogP contribution is 2.30. The van der Waals surface area contributed by atoms with E-state index in [2.05, 4.69) is 26.2 Å². The molecule has 0 aromatic carbocycles. The van der Waals surface area contributed by atoms with Crippen LogP contribution < -0.4 is 0 Å². The van der Waals surface area contributed by atoms with Gasteiger partial charge in [-0.1, -0.05) is 36.5 Å². The summed E-state index contributed by atoms with van der Waals surface area (Å²) in [6.07, 6.45) is 6.13. The zero-order chi connectivity index (χ0) is 13.1. The Balaban J connectivity index is 2.73. The minimum Gasteiger partial charge on any atom is -0.228 e. The van der Waals surface area contributed by atoms with Crippen LogP contribution in [0.15, 0.2) is 23.4 Å². The van der Waals surface area contributed by atoms with Gasteiger partial charge < -0.3 is 0 Å². The first kappa shape index (κ1) is 14.7. The molecular weight excluding hydrogens is 248 g/mol. The summed E-state index contributed by atoms with van der Waals surface area (Å²) in [5.74, 6) is 0.653. The highest BCUT2D eigenvalue weighted by molar-refractivity contribution is 7.92. The molecule has 0 N–H and O–H groups in total. The van der Waals surface area contributed by atoms with Crippen LogP contribution in [0.2, 0.25) is 19.6 Å². The molecule has 0 aromatic heterocycles. The van der Waals surface area contributed by atoms with Crippen LogP contribution in [0, 0.1) is 0 Å². The fourth-order valence-corrected chi connectivity index (χ4v) is 7.71. The van der Waals surface area contributed by atoms with Crippen molar-refractivity contribution in [2.24, 2.45) is 0 Å². The first-order valence-electron chi connectivity index (χ1n) is 6.29. The maximum Gasteiger partial charge on any atom is 0.157 e. The van der Waals surface area contributed by atoms with Crippen molar-refractivity contribution in [3.63, 3.8) is 0 Å². The molecule has 0 atom stereocenters. The predicted octanol–water partition coefficient (Wildman–Crippen LogP) is 3.34. The van der Waals surface area contributed by atoms with E-state index >= 15 is 0 Å². The van der Waals surface area contributed by atoms with Gasteiger partial charge in [-0.2, -0.15) is 0 Å². The summed E-state index contributed by atoms with van der Waals surface area (Å²) in [4.78, 5) is 0. The van der Waals surface area contributed by atoms with Gasteiger partial charge in [0.25, 0.3) is 0 Å². The van der Waals surface area contributed by atoms with E-state index in [0.717, 1.165) is 25.7 Å². The van der Waals surface area contributed by atoms with Crippen molar-refractivity contribution in [1.82, 2.24) is 0 Å². The van der Waals surface area contributed by atoms with E-state index in [9.17, 15) is 8.42 Å². The second-order valence-electron chi connectivity index (χ2n) is 5.90. The van der Waals surface area contributed by atoms with Gasteiger partial charge in [-0.05, 0) is 25.7 Å². The normalized spacial score (nSPS) is 19.7. The monoisotopic (exact) mass is 272 g/mol. The minimum atomic E-state index is -2.83. The number of unbranched alkanes of at least 4 members (excludes halogenated alkanes) is 2. The lowest BCUT2D eigenvalue weighted by atomic mass is 10.1. The summed E-state index contributed by atoms with van der Waals surface area (Å²) in [5.41, 5.74) is 1.23. The highest BCUT2D eigenvalue weighted by Gasteiger charge is 2.34. The van der Waals surface area contributed by atoms with Gasteiger partial charge in [-0.25, -0.2) is 8.42 Å². The van der Waals surface area contributed by atoms with Crippen molar-refractivity contribution >= 4 is 17.9 Å². The molecule has 0 amide bonds. The summed E-state index contributed by atoms with van der Waals surface area (Å²) in [5, 5.41) is 1.29. The van der Waals surface area contributed by atoms with Crippen LogP contribution in [0.5, 0.6) is 0 Å². The van der Waals surface area contributed by atoms with Crippen molar-refractivity contribution < 1.29 is 8.42 Å². The Kier molecular flexibility index (Phi) is 4.78. The molecule has 4 heteroatoms. The molecule has 1 rings (SSSR count). The van der Waals surface area contributed by atoms with E-state index in [4.69, 9.17) is 0 Å². The molecule has 0 spiro atoms. The smallest absolute Gasteiger partial charge is 0.157 e. The molecule has 0 bridgehead atoms. The molecule has 98 valence electrons. The summed E-state index contributed by atoms with van der Waals surface area (Å²) >= 11 is 0. The predicted molar refractivity (Wildman–Crippen MR) is 77.7 cm³/mol. The average Bonchev–Trinajstić information content (AvgIpc) is 2.48. The molecule has 0 fully saturated rings. The first-order valence-corrected chi connectivity index (χ1v) is 11.6. The van der Waals surface area contributed by atoms with Crippen LogP contribution in [-0.2, 0) is 9.84 Å². The molecule has 0 radical (unpaired) electrons. The van der Waals surface area contributed by atoms with Crippen molar-refractivity contribution in [3.8, 4) is 0 Å². The van der Waals surface area contributed by atoms with Gasteiger partial charge in [0.1, 0.15) is 0 Å². The van der Waals surface area contributed by atoms with E-state index in [1.807, 2.05) is 6.08 Å². The van der Waals surface area contributed by atoms with E-state index in [1.165, 1.54) is 10.8 Å². The molecule has 0 saturated carbocycles. The third kappa shape index (κ3) is 4.43. The molecule has 1 aliphatic heterocycles. The van der Waals surface area contributed by atoms with Crippen LogP contribution in [-0.4, -0.2) is 28.0 Å². The lowest BCUT2D eigenvalue weighted by Gasteiger charge is -2.19. The number of allylic oxidation sites excluding steroid dienone is 1. The van der Waals surface area contributed by atoms with Crippen LogP contribution in [0.3, 0.4) is 0 Å². The van der Waals surface area contributed by atoms with Gasteiger partial charge in [0.05, 0.1) is 19.6 Å². The van der Waals surface area contributed by atoms with Crippen LogP contribution in [0.1, 0.15) is 25.7 Å². The largest absolute Gasteiger partial charge is 0.228 e. The summed E-state index contributed by atoms with van der Waals surface area (Å²) < 4.78 is 23.5. The number of hydrogen-bond acceptors (Lipinski definition) is 2. The molecule has 2 nitrogen and oxygen atoms in total. The van der Waals surface area contributed by atoms with E-state index < -0.39 is 17.9 Å². The lowest BCUT2D eigenvalue weighted by molar-refractivity contribution is 0.602. The maximum atomic E-state index is 11.8. The third-order valence-electron chi connectivity index (χ3n) is 3.23. The Hall–Kier alpha value is -0.353. The quantitative estimate of drug-likeness (QED) is 0.422. The van der Waals surface area contributed by atoms with Crippen LogP contribution in [0.4, 0.5) is 0 Å². The molecule has 0 unspecified atom stereocenters. The Morgan fingerprint density at radius 2 is 1.88 bits per heavy atom. The number of rotatable bonds is 6. The second kappa shape index (κ2) is 5.53. The Morgan fingerprint density at radius 1 is 1.24 bits per heavy atom. The Labute approximate surface area is 107 Å². The van der Waals surface area contributed by atoms with E-state index in [1.54, 1.807) is 0 Å². The fraction of sp³-hybridized carbons (Fsp3) is 0.692. The van der Waals surface area contributed by atoms with Crippen molar-refractivity contribution in [1.29, 1.82) is 0 Å². The molecule has 1 aliphatic rings. The Bertz CT molecular complexity index is 413. The zero-order valence-electron chi connectivity index (χ0n) is 11.3. The topological polar surface area (TPSA) is 34.1 Å². The fourth-order valence-electron chi connectivity index (χ4n) is 2.32. The first-order chi connectivity index (χ1) is 7.76. The molecular formula is C13H24O2SSi. The standard InChI is InChI=1S/C13H24O2SSi/c1-5-6-7-8-9-12-10-16(14,15)11-13(12)17(2,3)4/h5H,1,6-11H2,2-4H3. The van der Waals surface area contributed by atoms with Gasteiger partial charge in [-0.15, -0.1) is 6.58 Å². The van der Waals surface area contributed by atoms with Crippen LogP contribution >= 0.6 is 0 Å². The summed E-state index contributed by atoms with van der Waals surface area (Å²) in [6.45, 7) is 10.4. The average molecular weight is 272 g/mol. The number of sulfone groups is 1. The molecule has 0 aliphatic carbocycles. The van der Waals surface area contributed by atoms with Gasteiger partial charge in [0, 0.05) is 0 Å². The van der Waals surface area contributed by atoms with E-state index in [0.29, 0.717) is 11.5 Å². The van der Waals surface area contributed by atoms with Crippen molar-refractivity contribution in [2.45, 2.75) is 45.3 Å². The van der Waals surface area contributed by atoms with Gasteiger partial charge in [0.15, 0.2) is 9.84 Å². The molecule has 17 heavy (non-hydrogen) atoms. The van der Waals surface area contributed by atoms with Crippen molar-refractivity contribution in [2.75, 3.05) is 11.5 Å². The van der Waals surface area contributed by atoms with Crippen LogP contribution in [0.25, 0.3) is 0 Å². The summed E-state index contributed by atoms with van der Waals surface area (Å²) in [6, 6.07) is 0. The Morgan fingerprint density at radius 3 is 2.41 bits per heavy atom. The molecule has 0 saturated heterocycles. The maximum absolute atomic E-state index is 11.8.